The van der Waals surface area contributed by atoms with Crippen molar-refractivity contribution in [3.63, 3.8) is 0 Å². The van der Waals surface area contributed by atoms with Crippen molar-refractivity contribution >= 4 is 11.8 Å². The van der Waals surface area contributed by atoms with Crippen molar-refractivity contribution in [3.8, 4) is 0 Å². The molecule has 0 bridgehead atoms. The van der Waals surface area contributed by atoms with Gasteiger partial charge in [-0.05, 0) is 57.9 Å². The number of allylic oxidation sites excluding steroid dienone is 5. The normalized spacial score (nSPS) is 31.8. The SMILES string of the molecule is C=C(C)C1CC2(C)C(=CC1=O)CCC(OC(=O)C(C)C(O)/C=C/C=C/CC(C)O)C2C. The van der Waals surface area contributed by atoms with Crippen LogP contribution < -0.4 is 0 Å². The van der Waals surface area contributed by atoms with Crippen molar-refractivity contribution < 1.29 is 24.5 Å². The van der Waals surface area contributed by atoms with E-state index in [9.17, 15) is 19.8 Å². The molecule has 2 aliphatic carbocycles. The highest BCUT2D eigenvalue weighted by Gasteiger charge is 2.49. The van der Waals surface area contributed by atoms with E-state index in [0.29, 0.717) is 19.3 Å². The molecule has 0 amide bonds. The van der Waals surface area contributed by atoms with Gasteiger partial charge in [0.1, 0.15) is 6.10 Å². The first-order valence-corrected chi connectivity index (χ1v) is 11.3. The van der Waals surface area contributed by atoms with Crippen LogP contribution in [0.4, 0.5) is 0 Å². The first-order valence-electron chi connectivity index (χ1n) is 11.3. The van der Waals surface area contributed by atoms with Crippen molar-refractivity contribution in [2.24, 2.45) is 23.2 Å². The predicted octanol–water partition coefficient (Wildman–Crippen LogP) is 4.31. The highest BCUT2D eigenvalue weighted by Crippen LogP contribution is 2.53. The topological polar surface area (TPSA) is 83.8 Å². The molecule has 0 spiro atoms. The zero-order chi connectivity index (χ0) is 23.3. The molecule has 7 unspecified atom stereocenters. The molecule has 2 N–H and O–H groups in total. The Hall–Kier alpha value is -1.98. The molecule has 0 aliphatic heterocycles. The average Bonchev–Trinajstić information content (AvgIpc) is 2.70. The number of aliphatic hydroxyl groups is 2. The molecule has 2 rings (SSSR count). The number of ether oxygens (including phenoxy) is 1. The smallest absolute Gasteiger partial charge is 0.311 e. The van der Waals surface area contributed by atoms with E-state index in [0.717, 1.165) is 17.6 Å². The van der Waals surface area contributed by atoms with Crippen LogP contribution >= 0.6 is 0 Å². The summed E-state index contributed by atoms with van der Waals surface area (Å²) in [6.45, 7) is 13.5. The second kappa shape index (κ2) is 10.6. The summed E-state index contributed by atoms with van der Waals surface area (Å²) < 4.78 is 5.86. The highest BCUT2D eigenvalue weighted by atomic mass is 16.5. The monoisotopic (exact) mass is 430 g/mol. The number of hydrogen-bond acceptors (Lipinski definition) is 5. The Bertz CT molecular complexity index is 775. The highest BCUT2D eigenvalue weighted by molar-refractivity contribution is 5.95. The molecule has 31 heavy (non-hydrogen) atoms. The van der Waals surface area contributed by atoms with Crippen LogP contribution in [0.25, 0.3) is 0 Å². The average molecular weight is 431 g/mol. The van der Waals surface area contributed by atoms with E-state index < -0.39 is 24.1 Å². The van der Waals surface area contributed by atoms with Crippen LogP contribution in [0.15, 0.2) is 48.1 Å². The van der Waals surface area contributed by atoms with E-state index in [2.05, 4.69) is 20.4 Å². The number of carbonyl (C=O) groups excluding carboxylic acids is 2. The van der Waals surface area contributed by atoms with Crippen LogP contribution in [-0.2, 0) is 14.3 Å². The Labute approximate surface area is 186 Å². The van der Waals surface area contributed by atoms with Gasteiger partial charge in [0.25, 0.3) is 0 Å². The zero-order valence-corrected chi connectivity index (χ0v) is 19.5. The summed E-state index contributed by atoms with van der Waals surface area (Å²) in [6, 6.07) is 0. The Morgan fingerprint density at radius 1 is 1.35 bits per heavy atom. The molecule has 0 heterocycles. The standard InChI is InChI=1S/C26H38O5/c1-16(2)21-15-26(6)19(5)24(13-12-20(26)14-23(21)29)31-25(30)18(4)22(28)11-9-7-8-10-17(3)27/h7-9,11,14,17-19,21-22,24,27-28H,1,10,12-13,15H2,2-6H3/b8-7+,11-9+. The van der Waals surface area contributed by atoms with Gasteiger partial charge in [-0.1, -0.05) is 55.9 Å². The van der Waals surface area contributed by atoms with Crippen molar-refractivity contribution in [2.75, 3.05) is 0 Å². The summed E-state index contributed by atoms with van der Waals surface area (Å²) in [7, 11) is 0. The lowest BCUT2D eigenvalue weighted by molar-refractivity contribution is -0.163. The first kappa shape index (κ1) is 25.3. The van der Waals surface area contributed by atoms with Crippen molar-refractivity contribution in [2.45, 2.75) is 78.6 Å². The summed E-state index contributed by atoms with van der Waals surface area (Å²) in [5.74, 6) is -1.09. The van der Waals surface area contributed by atoms with E-state index in [-0.39, 0.29) is 29.1 Å². The summed E-state index contributed by atoms with van der Waals surface area (Å²) in [5.41, 5.74) is 1.81. The van der Waals surface area contributed by atoms with E-state index in [1.807, 2.05) is 6.92 Å². The molecule has 1 saturated carbocycles. The van der Waals surface area contributed by atoms with E-state index >= 15 is 0 Å². The van der Waals surface area contributed by atoms with Crippen molar-refractivity contribution in [1.29, 1.82) is 0 Å². The number of hydrogen-bond donors (Lipinski definition) is 2. The fourth-order valence-electron chi connectivity index (χ4n) is 4.56. The summed E-state index contributed by atoms with van der Waals surface area (Å²) in [6.07, 6.45) is 9.60. The van der Waals surface area contributed by atoms with Crippen molar-refractivity contribution in [3.05, 3.63) is 48.1 Å². The molecule has 2 aliphatic rings. The molecule has 0 aromatic heterocycles. The predicted molar refractivity (Wildman–Crippen MR) is 122 cm³/mol. The van der Waals surface area contributed by atoms with Crippen LogP contribution in [-0.4, -0.2) is 40.3 Å². The van der Waals surface area contributed by atoms with Crippen molar-refractivity contribution in [1.82, 2.24) is 0 Å². The van der Waals surface area contributed by atoms with Crippen LogP contribution in [0, 0.1) is 23.2 Å². The lowest BCUT2D eigenvalue weighted by Gasteiger charge is -2.49. The molecule has 0 radical (unpaired) electrons. The third-order valence-electron chi connectivity index (χ3n) is 7.06. The zero-order valence-electron chi connectivity index (χ0n) is 19.5. The first-order chi connectivity index (χ1) is 14.5. The minimum atomic E-state index is -0.950. The van der Waals surface area contributed by atoms with E-state index in [1.165, 1.54) is 0 Å². The van der Waals surface area contributed by atoms with E-state index in [4.69, 9.17) is 4.74 Å². The molecule has 0 aromatic rings. The maximum atomic E-state index is 12.7. The fraction of sp³-hybridized carbons (Fsp3) is 0.615. The van der Waals surface area contributed by atoms with E-state index in [1.54, 1.807) is 44.2 Å². The van der Waals surface area contributed by atoms with Gasteiger partial charge in [-0.15, -0.1) is 0 Å². The number of aliphatic hydroxyl groups excluding tert-OH is 2. The maximum Gasteiger partial charge on any atom is 0.311 e. The molecular formula is C26H38O5. The summed E-state index contributed by atoms with van der Waals surface area (Å²) >= 11 is 0. The maximum absolute atomic E-state index is 12.7. The van der Waals surface area contributed by atoms with Gasteiger partial charge in [-0.2, -0.15) is 0 Å². The van der Waals surface area contributed by atoms with Gasteiger partial charge in [-0.3, -0.25) is 9.59 Å². The molecule has 0 saturated heterocycles. The third-order valence-corrected chi connectivity index (χ3v) is 7.06. The van der Waals surface area contributed by atoms with Crippen LogP contribution in [0.5, 0.6) is 0 Å². The lowest BCUT2D eigenvalue weighted by atomic mass is 9.57. The summed E-state index contributed by atoms with van der Waals surface area (Å²) in [4.78, 5) is 25.2. The number of rotatable bonds is 8. The van der Waals surface area contributed by atoms with Gasteiger partial charge >= 0.3 is 5.97 Å². The van der Waals surface area contributed by atoms with Gasteiger partial charge in [0.2, 0.25) is 0 Å². The van der Waals surface area contributed by atoms with Gasteiger partial charge in [0.15, 0.2) is 5.78 Å². The second-order valence-corrected chi connectivity index (χ2v) is 9.57. The molecule has 0 aromatic carbocycles. The molecule has 1 fully saturated rings. The van der Waals surface area contributed by atoms with Crippen LogP contribution in [0.3, 0.4) is 0 Å². The fourth-order valence-corrected chi connectivity index (χ4v) is 4.56. The third kappa shape index (κ3) is 6.05. The Morgan fingerprint density at radius 2 is 2.03 bits per heavy atom. The minimum absolute atomic E-state index is 0.0645. The Kier molecular flexibility index (Phi) is 8.61. The Morgan fingerprint density at radius 3 is 2.65 bits per heavy atom. The largest absolute Gasteiger partial charge is 0.462 e. The number of carbonyl (C=O) groups is 2. The minimum Gasteiger partial charge on any atom is -0.462 e. The molecule has 7 atom stereocenters. The summed E-state index contributed by atoms with van der Waals surface area (Å²) in [5, 5.41) is 19.6. The van der Waals surface area contributed by atoms with Gasteiger partial charge in [-0.25, -0.2) is 0 Å². The van der Waals surface area contributed by atoms with Gasteiger partial charge in [0, 0.05) is 11.8 Å². The molecule has 5 heteroatoms. The Balaban J connectivity index is 2.02. The molecule has 172 valence electrons. The number of fused-ring (bicyclic) bond motifs is 1. The van der Waals surface area contributed by atoms with Crippen LogP contribution in [0.1, 0.15) is 60.3 Å². The van der Waals surface area contributed by atoms with Gasteiger partial charge in [0.05, 0.1) is 18.1 Å². The number of esters is 1. The van der Waals surface area contributed by atoms with Gasteiger partial charge < -0.3 is 14.9 Å². The molecule has 5 nitrogen and oxygen atoms in total. The van der Waals surface area contributed by atoms with Crippen LogP contribution in [0.2, 0.25) is 0 Å². The second-order valence-electron chi connectivity index (χ2n) is 9.57. The number of ketones is 1. The quantitative estimate of drug-likeness (QED) is 0.341. The molecular weight excluding hydrogens is 392 g/mol. The lowest BCUT2D eigenvalue weighted by Crippen LogP contribution is -2.47.